The minimum absolute atomic E-state index is 0.0175. The van der Waals surface area contributed by atoms with Gasteiger partial charge in [0.25, 0.3) is 5.91 Å². The van der Waals surface area contributed by atoms with Crippen LogP contribution in [0, 0.1) is 0 Å². The quantitative estimate of drug-likeness (QED) is 0.576. The van der Waals surface area contributed by atoms with Crippen LogP contribution >= 0.6 is 11.6 Å². The van der Waals surface area contributed by atoms with Gasteiger partial charge in [-0.15, -0.1) is 0 Å². The van der Waals surface area contributed by atoms with E-state index < -0.39 is 23.7 Å². The average molecular weight is 463 g/mol. The SMILES string of the molecule is NC(=O)c1c(Cl)c(-c2ccccc2)n2c1CN(C(=O)Nc1cccc(C(F)(F)F)c1)CC2. The van der Waals surface area contributed by atoms with E-state index in [0.717, 1.165) is 17.7 Å². The summed E-state index contributed by atoms with van der Waals surface area (Å²) in [5.74, 6) is -0.721. The number of hydrogen-bond donors (Lipinski definition) is 2. The predicted octanol–water partition coefficient (Wildman–Crippen LogP) is 4.97. The Morgan fingerprint density at radius 2 is 1.75 bits per heavy atom. The predicted molar refractivity (Wildman–Crippen MR) is 114 cm³/mol. The maximum atomic E-state index is 12.9. The second-order valence-corrected chi connectivity index (χ2v) is 7.67. The van der Waals surface area contributed by atoms with E-state index in [1.54, 1.807) is 0 Å². The molecule has 0 aliphatic carbocycles. The van der Waals surface area contributed by atoms with Gasteiger partial charge >= 0.3 is 12.2 Å². The van der Waals surface area contributed by atoms with Crippen LogP contribution in [-0.4, -0.2) is 28.0 Å². The monoisotopic (exact) mass is 462 g/mol. The molecule has 166 valence electrons. The van der Waals surface area contributed by atoms with Crippen LogP contribution in [0.15, 0.2) is 54.6 Å². The van der Waals surface area contributed by atoms with Crippen LogP contribution in [0.1, 0.15) is 21.6 Å². The zero-order chi connectivity index (χ0) is 23.0. The lowest BCUT2D eigenvalue weighted by Crippen LogP contribution is -2.41. The summed E-state index contributed by atoms with van der Waals surface area (Å²) in [7, 11) is 0. The second-order valence-electron chi connectivity index (χ2n) is 7.30. The van der Waals surface area contributed by atoms with Gasteiger partial charge in [0.15, 0.2) is 0 Å². The van der Waals surface area contributed by atoms with Crippen molar-refractivity contribution < 1.29 is 22.8 Å². The number of nitrogens with two attached hydrogens (primary N) is 1. The Morgan fingerprint density at radius 3 is 2.41 bits per heavy atom. The summed E-state index contributed by atoms with van der Waals surface area (Å²) in [6.45, 7) is 0.624. The highest BCUT2D eigenvalue weighted by molar-refractivity contribution is 6.36. The lowest BCUT2D eigenvalue weighted by atomic mass is 10.1. The van der Waals surface area contributed by atoms with Gasteiger partial charge in [-0.25, -0.2) is 4.79 Å². The van der Waals surface area contributed by atoms with E-state index in [4.69, 9.17) is 17.3 Å². The molecular weight excluding hydrogens is 445 g/mol. The van der Waals surface area contributed by atoms with Crippen molar-refractivity contribution in [3.8, 4) is 11.3 Å². The molecule has 0 saturated heterocycles. The van der Waals surface area contributed by atoms with Gasteiger partial charge in [-0.3, -0.25) is 4.79 Å². The second kappa shape index (κ2) is 8.23. The van der Waals surface area contributed by atoms with Crippen molar-refractivity contribution in [2.24, 2.45) is 5.73 Å². The highest BCUT2D eigenvalue weighted by Crippen LogP contribution is 2.38. The standard InChI is InChI=1S/C22H18ClF3N4O2/c23-18-17(20(27)31)16-12-29(9-10-30(16)19(18)13-5-2-1-3-6-13)21(32)28-15-8-4-7-14(11-15)22(24,25)26/h1-8,11H,9-10,12H2,(H2,27,31)(H,28,32). The first kappa shape index (κ1) is 21.8. The third kappa shape index (κ3) is 4.03. The third-order valence-electron chi connectivity index (χ3n) is 5.27. The number of carbonyl (C=O) groups excluding carboxylic acids is 2. The largest absolute Gasteiger partial charge is 0.416 e. The van der Waals surface area contributed by atoms with E-state index in [9.17, 15) is 22.8 Å². The van der Waals surface area contributed by atoms with Crippen LogP contribution in [0.3, 0.4) is 0 Å². The number of halogens is 4. The number of alkyl halides is 3. The first-order valence-electron chi connectivity index (χ1n) is 9.66. The first-order valence-corrected chi connectivity index (χ1v) is 10.0. The summed E-state index contributed by atoms with van der Waals surface area (Å²) in [5.41, 5.74) is 6.76. The van der Waals surface area contributed by atoms with Crippen molar-refractivity contribution in [1.29, 1.82) is 0 Å². The van der Waals surface area contributed by atoms with Crippen LogP contribution in [0.25, 0.3) is 11.3 Å². The molecule has 2 aromatic carbocycles. The number of carbonyl (C=O) groups is 2. The Hall–Kier alpha value is -3.46. The third-order valence-corrected chi connectivity index (χ3v) is 5.64. The van der Waals surface area contributed by atoms with E-state index in [-0.39, 0.29) is 29.4 Å². The normalized spacial score (nSPS) is 13.6. The van der Waals surface area contributed by atoms with Crippen molar-refractivity contribution in [2.45, 2.75) is 19.3 Å². The van der Waals surface area contributed by atoms with E-state index >= 15 is 0 Å². The molecule has 4 rings (SSSR count). The van der Waals surface area contributed by atoms with E-state index in [2.05, 4.69) is 5.32 Å². The van der Waals surface area contributed by atoms with Crippen LogP contribution in [0.5, 0.6) is 0 Å². The van der Waals surface area contributed by atoms with E-state index in [1.807, 2.05) is 34.9 Å². The van der Waals surface area contributed by atoms with Crippen LogP contribution < -0.4 is 11.1 Å². The fraction of sp³-hybridized carbons (Fsp3) is 0.182. The van der Waals surface area contributed by atoms with E-state index in [0.29, 0.717) is 17.9 Å². The Labute approximate surface area is 186 Å². The molecule has 1 aliphatic rings. The molecule has 6 nitrogen and oxygen atoms in total. The maximum absolute atomic E-state index is 12.9. The molecule has 3 N–H and O–H groups in total. The van der Waals surface area contributed by atoms with Crippen molar-refractivity contribution in [1.82, 2.24) is 9.47 Å². The van der Waals surface area contributed by atoms with Gasteiger partial charge in [-0.2, -0.15) is 13.2 Å². The number of aromatic nitrogens is 1. The highest BCUT2D eigenvalue weighted by atomic mass is 35.5. The molecule has 0 bridgehead atoms. The van der Waals surface area contributed by atoms with Crippen LogP contribution in [0.2, 0.25) is 5.02 Å². The van der Waals surface area contributed by atoms with Gasteiger partial charge in [0, 0.05) is 18.8 Å². The van der Waals surface area contributed by atoms with Crippen molar-refractivity contribution in [3.63, 3.8) is 0 Å². The number of urea groups is 1. The number of rotatable bonds is 3. The number of fused-ring (bicyclic) bond motifs is 1. The molecule has 1 aliphatic heterocycles. The molecule has 3 aromatic rings. The first-order chi connectivity index (χ1) is 15.2. The van der Waals surface area contributed by atoms with Crippen molar-refractivity contribution >= 4 is 29.2 Å². The van der Waals surface area contributed by atoms with E-state index in [1.165, 1.54) is 17.0 Å². The van der Waals surface area contributed by atoms with Gasteiger partial charge in [0.05, 0.1) is 34.1 Å². The number of nitrogens with zero attached hydrogens (tertiary/aromatic N) is 2. The number of anilines is 1. The molecule has 0 fully saturated rings. The summed E-state index contributed by atoms with van der Waals surface area (Å²) in [4.78, 5) is 26.3. The number of benzene rings is 2. The Morgan fingerprint density at radius 1 is 1.03 bits per heavy atom. The molecule has 0 saturated carbocycles. The topological polar surface area (TPSA) is 80.4 Å². The van der Waals surface area contributed by atoms with Gasteiger partial charge in [-0.1, -0.05) is 48.0 Å². The fourth-order valence-electron chi connectivity index (χ4n) is 3.80. The van der Waals surface area contributed by atoms with Crippen LogP contribution in [0.4, 0.5) is 23.7 Å². The minimum Gasteiger partial charge on any atom is -0.365 e. The maximum Gasteiger partial charge on any atom is 0.416 e. The summed E-state index contributed by atoms with van der Waals surface area (Å²) in [5, 5.41) is 2.69. The molecule has 2 heterocycles. The highest BCUT2D eigenvalue weighted by Gasteiger charge is 2.32. The van der Waals surface area contributed by atoms with Gasteiger partial charge in [-0.05, 0) is 23.8 Å². The molecular formula is C22H18ClF3N4O2. The molecule has 32 heavy (non-hydrogen) atoms. The molecule has 0 radical (unpaired) electrons. The Bertz CT molecular complexity index is 1190. The Balaban J connectivity index is 1.63. The summed E-state index contributed by atoms with van der Waals surface area (Å²) in [6.07, 6.45) is -4.52. The zero-order valence-electron chi connectivity index (χ0n) is 16.6. The fourth-order valence-corrected chi connectivity index (χ4v) is 4.22. The van der Waals surface area contributed by atoms with Crippen molar-refractivity contribution in [3.05, 3.63) is 76.4 Å². The number of amides is 3. The number of nitrogens with one attached hydrogen (secondary N) is 1. The smallest absolute Gasteiger partial charge is 0.365 e. The average Bonchev–Trinajstić information content (AvgIpc) is 3.05. The molecule has 0 spiro atoms. The van der Waals surface area contributed by atoms with Crippen LogP contribution in [-0.2, 0) is 19.3 Å². The lowest BCUT2D eigenvalue weighted by molar-refractivity contribution is -0.137. The minimum atomic E-state index is -4.52. The number of primary amides is 1. The lowest BCUT2D eigenvalue weighted by Gasteiger charge is -2.30. The molecule has 1 aromatic heterocycles. The zero-order valence-corrected chi connectivity index (χ0v) is 17.4. The Kier molecular flexibility index (Phi) is 5.60. The van der Waals surface area contributed by atoms with Crippen molar-refractivity contribution in [2.75, 3.05) is 11.9 Å². The molecule has 10 heteroatoms. The molecule has 0 unspecified atom stereocenters. The summed E-state index contributed by atoms with van der Waals surface area (Å²) in [6, 6.07) is 13.0. The summed E-state index contributed by atoms with van der Waals surface area (Å²) < 4.78 is 40.7. The molecule has 3 amide bonds. The van der Waals surface area contributed by atoms with Gasteiger partial charge in [0.2, 0.25) is 0 Å². The molecule has 0 atom stereocenters. The summed E-state index contributed by atoms with van der Waals surface area (Å²) >= 11 is 6.52. The number of hydrogen-bond acceptors (Lipinski definition) is 2. The van der Waals surface area contributed by atoms with Gasteiger partial charge in [0.1, 0.15) is 0 Å². The van der Waals surface area contributed by atoms with Gasteiger partial charge < -0.3 is 20.5 Å².